The lowest BCUT2D eigenvalue weighted by atomic mass is 9.84. The van der Waals surface area contributed by atoms with E-state index in [1.165, 1.54) is 37.1 Å². The molecule has 1 saturated carbocycles. The molecule has 2 fully saturated rings. The molecule has 1 aromatic rings. The minimum Gasteiger partial charge on any atom is -0.369 e. The number of nitriles is 1. The van der Waals surface area contributed by atoms with Crippen LogP contribution in [-0.2, 0) is 10.2 Å². The summed E-state index contributed by atoms with van der Waals surface area (Å²) in [6.45, 7) is 12.5. The van der Waals surface area contributed by atoms with Gasteiger partial charge in [-0.2, -0.15) is 5.26 Å². The monoisotopic (exact) mass is 410 g/mol. The largest absolute Gasteiger partial charge is 0.369 e. The fourth-order valence-corrected chi connectivity index (χ4v) is 4.71. The van der Waals surface area contributed by atoms with Crippen molar-refractivity contribution in [3.05, 3.63) is 29.8 Å². The zero-order chi connectivity index (χ0) is 21.6. The van der Waals surface area contributed by atoms with E-state index >= 15 is 0 Å². The van der Waals surface area contributed by atoms with Crippen LogP contribution in [0.4, 0.5) is 5.69 Å². The molecule has 5 nitrogen and oxygen atoms in total. The molecule has 1 saturated heterocycles. The van der Waals surface area contributed by atoms with Crippen LogP contribution < -0.4 is 10.2 Å². The van der Waals surface area contributed by atoms with Gasteiger partial charge >= 0.3 is 0 Å². The molecule has 1 aromatic carbocycles. The molecule has 1 N–H and O–H groups in total. The number of nitrogens with zero attached hydrogens (tertiary/aromatic N) is 3. The molecule has 3 rings (SSSR count). The van der Waals surface area contributed by atoms with E-state index in [4.69, 9.17) is 5.26 Å². The molecule has 0 radical (unpaired) electrons. The van der Waals surface area contributed by atoms with Gasteiger partial charge in [0.15, 0.2) is 0 Å². The molecule has 1 heterocycles. The van der Waals surface area contributed by atoms with Gasteiger partial charge in [0.1, 0.15) is 6.42 Å². The summed E-state index contributed by atoms with van der Waals surface area (Å²) < 4.78 is 0. The summed E-state index contributed by atoms with van der Waals surface area (Å²) in [5, 5.41) is 11.6. The summed E-state index contributed by atoms with van der Waals surface area (Å²) in [6, 6.07) is 11.2. The number of hydrogen-bond donors (Lipinski definition) is 1. The molecule has 1 aliphatic carbocycles. The Balaban J connectivity index is 1.37. The third-order valence-corrected chi connectivity index (χ3v) is 6.75. The Morgan fingerprint density at radius 1 is 1.13 bits per heavy atom. The Labute approximate surface area is 182 Å². The summed E-state index contributed by atoms with van der Waals surface area (Å²) >= 11 is 0. The molecule has 30 heavy (non-hydrogen) atoms. The van der Waals surface area contributed by atoms with Gasteiger partial charge in [-0.15, -0.1) is 0 Å². The average molecular weight is 411 g/mol. The zero-order valence-corrected chi connectivity index (χ0v) is 19.0. The van der Waals surface area contributed by atoms with Gasteiger partial charge in [0, 0.05) is 37.9 Å². The van der Waals surface area contributed by atoms with Crippen molar-refractivity contribution < 1.29 is 4.79 Å². The van der Waals surface area contributed by atoms with Crippen LogP contribution in [0.1, 0.15) is 64.9 Å². The summed E-state index contributed by atoms with van der Waals surface area (Å²) in [5.41, 5.74) is 2.95. The Morgan fingerprint density at radius 3 is 2.47 bits per heavy atom. The van der Waals surface area contributed by atoms with Crippen molar-refractivity contribution in [3.8, 4) is 6.07 Å². The van der Waals surface area contributed by atoms with Gasteiger partial charge in [0.2, 0.25) is 5.91 Å². The Bertz CT molecular complexity index is 732. The van der Waals surface area contributed by atoms with Crippen molar-refractivity contribution in [2.24, 2.45) is 5.92 Å². The first-order chi connectivity index (χ1) is 14.3. The van der Waals surface area contributed by atoms with Gasteiger partial charge in [0.05, 0.1) is 6.07 Å². The van der Waals surface area contributed by atoms with E-state index in [-0.39, 0.29) is 23.8 Å². The molecular formula is C25H38N4O. The number of carbonyl (C=O) groups is 1. The molecule has 0 atom stereocenters. The highest BCUT2D eigenvalue weighted by molar-refractivity contribution is 5.78. The number of rotatable bonds is 6. The third kappa shape index (κ3) is 6.47. The average Bonchev–Trinajstić information content (AvgIpc) is 2.73. The van der Waals surface area contributed by atoms with E-state index in [1.54, 1.807) is 0 Å². The van der Waals surface area contributed by atoms with E-state index in [1.807, 2.05) is 6.07 Å². The fourth-order valence-electron chi connectivity index (χ4n) is 4.71. The minimum atomic E-state index is -0.119. The number of nitrogens with one attached hydrogen (secondary N) is 1. The fraction of sp³-hybridized carbons (Fsp3) is 0.680. The van der Waals surface area contributed by atoms with E-state index in [0.29, 0.717) is 0 Å². The van der Waals surface area contributed by atoms with Gasteiger partial charge in [-0.05, 0) is 67.7 Å². The molecule has 164 valence electrons. The maximum Gasteiger partial charge on any atom is 0.234 e. The summed E-state index contributed by atoms with van der Waals surface area (Å²) in [6.07, 6.45) is 5.73. The summed E-state index contributed by atoms with van der Waals surface area (Å²) in [5.74, 6) is 0.655. The third-order valence-electron chi connectivity index (χ3n) is 6.75. The normalized spacial score (nSPS) is 23.1. The SMILES string of the molecule is CC(C)(C)c1cccc(N2CCN(CCC3CCC(NC(=O)CC#N)CC3)CC2)c1. The Hall–Kier alpha value is -2.06. The molecule has 1 aliphatic heterocycles. The molecule has 2 aliphatic rings. The molecule has 5 heteroatoms. The number of anilines is 1. The lowest BCUT2D eigenvalue weighted by Crippen LogP contribution is -2.47. The van der Waals surface area contributed by atoms with Crippen LogP contribution in [-0.4, -0.2) is 49.6 Å². The highest BCUT2D eigenvalue weighted by Gasteiger charge is 2.24. The van der Waals surface area contributed by atoms with Crippen molar-refractivity contribution >= 4 is 11.6 Å². The van der Waals surface area contributed by atoms with Crippen LogP contribution in [0.3, 0.4) is 0 Å². The second-order valence-corrected chi connectivity index (χ2v) is 10.0. The van der Waals surface area contributed by atoms with E-state index in [2.05, 4.69) is 60.2 Å². The lowest BCUT2D eigenvalue weighted by molar-refractivity contribution is -0.121. The lowest BCUT2D eigenvalue weighted by Gasteiger charge is -2.37. The van der Waals surface area contributed by atoms with Crippen molar-refractivity contribution in [1.29, 1.82) is 5.26 Å². The van der Waals surface area contributed by atoms with Crippen LogP contribution in [0.25, 0.3) is 0 Å². The predicted molar refractivity (Wildman–Crippen MR) is 123 cm³/mol. The van der Waals surface area contributed by atoms with Crippen LogP contribution >= 0.6 is 0 Å². The van der Waals surface area contributed by atoms with Crippen LogP contribution in [0.2, 0.25) is 0 Å². The van der Waals surface area contributed by atoms with Crippen LogP contribution in [0, 0.1) is 17.2 Å². The number of piperazine rings is 1. The first-order valence-corrected chi connectivity index (χ1v) is 11.6. The summed E-state index contributed by atoms with van der Waals surface area (Å²) in [7, 11) is 0. The highest BCUT2D eigenvalue weighted by atomic mass is 16.1. The van der Waals surface area contributed by atoms with Gasteiger partial charge in [-0.3, -0.25) is 9.69 Å². The van der Waals surface area contributed by atoms with Gasteiger partial charge in [-0.1, -0.05) is 32.9 Å². The second kappa shape index (κ2) is 10.3. The van der Waals surface area contributed by atoms with Crippen molar-refractivity contribution in [2.75, 3.05) is 37.6 Å². The first-order valence-electron chi connectivity index (χ1n) is 11.6. The standard InChI is InChI=1S/C25H38N4O/c1-25(2,3)21-5-4-6-23(19-21)29-17-15-28(16-18-29)14-12-20-7-9-22(10-8-20)27-24(30)11-13-26/h4-6,19-20,22H,7-12,14-18H2,1-3H3,(H,27,30). The molecule has 0 spiro atoms. The number of amides is 1. The molecule has 0 aromatic heterocycles. The number of benzene rings is 1. The van der Waals surface area contributed by atoms with Crippen molar-refractivity contribution in [2.45, 2.75) is 70.8 Å². The molecular weight excluding hydrogens is 372 g/mol. The maximum absolute atomic E-state index is 11.6. The quantitative estimate of drug-likeness (QED) is 0.767. The molecule has 0 unspecified atom stereocenters. The van der Waals surface area contributed by atoms with E-state index < -0.39 is 0 Å². The van der Waals surface area contributed by atoms with Crippen LogP contribution in [0.15, 0.2) is 24.3 Å². The Kier molecular flexibility index (Phi) is 7.77. The zero-order valence-electron chi connectivity index (χ0n) is 19.0. The maximum atomic E-state index is 11.6. The van der Waals surface area contributed by atoms with Crippen LogP contribution in [0.5, 0.6) is 0 Å². The highest BCUT2D eigenvalue weighted by Crippen LogP contribution is 2.29. The Morgan fingerprint density at radius 2 is 1.83 bits per heavy atom. The molecule has 1 amide bonds. The van der Waals surface area contributed by atoms with Crippen molar-refractivity contribution in [3.63, 3.8) is 0 Å². The predicted octanol–water partition coefficient (Wildman–Crippen LogP) is 4.08. The van der Waals surface area contributed by atoms with Gasteiger partial charge in [0.25, 0.3) is 0 Å². The first kappa shape index (κ1) is 22.6. The number of carbonyl (C=O) groups excluding carboxylic acids is 1. The van der Waals surface area contributed by atoms with E-state index in [9.17, 15) is 4.79 Å². The van der Waals surface area contributed by atoms with Gasteiger partial charge in [-0.25, -0.2) is 0 Å². The smallest absolute Gasteiger partial charge is 0.234 e. The molecule has 0 bridgehead atoms. The van der Waals surface area contributed by atoms with E-state index in [0.717, 1.165) is 44.9 Å². The van der Waals surface area contributed by atoms with Crippen molar-refractivity contribution in [1.82, 2.24) is 10.2 Å². The van der Waals surface area contributed by atoms with Gasteiger partial charge < -0.3 is 10.2 Å². The number of hydrogen-bond acceptors (Lipinski definition) is 4. The summed E-state index contributed by atoms with van der Waals surface area (Å²) in [4.78, 5) is 16.7. The minimum absolute atomic E-state index is 0.0214. The topological polar surface area (TPSA) is 59.4 Å². The second-order valence-electron chi connectivity index (χ2n) is 10.0.